The van der Waals surface area contributed by atoms with Gasteiger partial charge in [0.1, 0.15) is 15.9 Å². The Morgan fingerprint density at radius 3 is 2.12 bits per heavy atom. The van der Waals surface area contributed by atoms with Gasteiger partial charge in [-0.25, -0.2) is 25.9 Å². The second-order valence-electron chi connectivity index (χ2n) is 6.10. The number of ether oxygens (including phenoxy) is 1. The number of rotatable bonds is 5. The van der Waals surface area contributed by atoms with E-state index in [0.717, 1.165) is 4.31 Å². The summed E-state index contributed by atoms with van der Waals surface area (Å²) in [4.78, 5) is 12.2. The van der Waals surface area contributed by atoms with Crippen molar-refractivity contribution >= 4 is 25.8 Å². The van der Waals surface area contributed by atoms with E-state index >= 15 is 0 Å². The Labute approximate surface area is 142 Å². The fourth-order valence-corrected chi connectivity index (χ4v) is 4.62. The number of benzene rings is 1. The zero-order chi connectivity index (χ0) is 18.1. The second-order valence-corrected chi connectivity index (χ2v) is 10.6. The Kier molecular flexibility index (Phi) is 5.36. The third-order valence-corrected chi connectivity index (χ3v) is 7.55. The molecule has 9 heteroatoms. The second kappa shape index (κ2) is 6.81. The number of carbonyl (C=O) groups is 1. The van der Waals surface area contributed by atoms with Gasteiger partial charge < -0.3 is 4.74 Å². The van der Waals surface area contributed by atoms with Crippen LogP contribution in [0.4, 0.5) is 0 Å². The fraction of sp³-hybridized carbons (Fsp3) is 0.533. The molecule has 2 rings (SSSR count). The van der Waals surface area contributed by atoms with Gasteiger partial charge in [-0.15, -0.1) is 0 Å². The van der Waals surface area contributed by atoms with Crippen LogP contribution in [-0.4, -0.2) is 58.8 Å². The van der Waals surface area contributed by atoms with Gasteiger partial charge in [0.05, 0.1) is 15.7 Å². The standard InChI is InChI=1S/C15H21NO6S2/c1-16(2)24(20,21)13-7-4-11(5-8-13)15(17)22-12-6-9-14(10-12)23(3,18)19/h4-5,7-8,12,14H,6,9-10H2,1-3H3/t12-,14-/m1/s1. The van der Waals surface area contributed by atoms with Crippen LogP contribution in [0, 0.1) is 0 Å². The van der Waals surface area contributed by atoms with Gasteiger partial charge in [-0.2, -0.15) is 0 Å². The molecule has 0 saturated heterocycles. The van der Waals surface area contributed by atoms with Crippen LogP contribution in [-0.2, 0) is 24.6 Å². The number of hydrogen-bond acceptors (Lipinski definition) is 6. The van der Waals surface area contributed by atoms with E-state index in [1.54, 1.807) is 0 Å². The van der Waals surface area contributed by atoms with Crippen LogP contribution in [0.2, 0.25) is 0 Å². The molecule has 0 bridgehead atoms. The van der Waals surface area contributed by atoms with Gasteiger partial charge in [-0.3, -0.25) is 0 Å². The van der Waals surface area contributed by atoms with Gasteiger partial charge in [0.2, 0.25) is 10.0 Å². The molecule has 1 aromatic carbocycles. The van der Waals surface area contributed by atoms with E-state index in [1.165, 1.54) is 44.6 Å². The van der Waals surface area contributed by atoms with Crippen molar-refractivity contribution in [1.82, 2.24) is 4.31 Å². The average Bonchev–Trinajstić information content (AvgIpc) is 2.96. The molecule has 0 radical (unpaired) electrons. The van der Waals surface area contributed by atoms with Crippen LogP contribution in [0.5, 0.6) is 0 Å². The summed E-state index contributed by atoms with van der Waals surface area (Å²) in [5.74, 6) is -0.581. The summed E-state index contributed by atoms with van der Waals surface area (Å²) >= 11 is 0. The minimum absolute atomic E-state index is 0.0852. The topological polar surface area (TPSA) is 97.8 Å². The summed E-state index contributed by atoms with van der Waals surface area (Å²) in [5, 5.41) is -0.470. The lowest BCUT2D eigenvalue weighted by Crippen LogP contribution is -2.22. The van der Waals surface area contributed by atoms with Crippen LogP contribution in [0.3, 0.4) is 0 Å². The van der Waals surface area contributed by atoms with E-state index in [4.69, 9.17) is 4.74 Å². The minimum atomic E-state index is -3.55. The molecule has 24 heavy (non-hydrogen) atoms. The monoisotopic (exact) mass is 375 g/mol. The molecule has 0 amide bonds. The summed E-state index contributed by atoms with van der Waals surface area (Å²) in [6, 6.07) is 5.48. The smallest absolute Gasteiger partial charge is 0.338 e. The van der Waals surface area contributed by atoms with Gasteiger partial charge in [-0.05, 0) is 37.1 Å². The summed E-state index contributed by atoms with van der Waals surface area (Å²) in [6.07, 6.45) is 2.05. The first-order valence-electron chi connectivity index (χ1n) is 7.44. The number of esters is 1. The first-order chi connectivity index (χ1) is 11.0. The Bertz CT molecular complexity index is 812. The van der Waals surface area contributed by atoms with E-state index < -0.39 is 37.2 Å². The van der Waals surface area contributed by atoms with Crippen molar-refractivity contribution in [2.75, 3.05) is 20.4 Å². The van der Waals surface area contributed by atoms with E-state index in [9.17, 15) is 21.6 Å². The molecular weight excluding hydrogens is 354 g/mol. The molecule has 0 aromatic heterocycles. The molecule has 134 valence electrons. The first-order valence-corrected chi connectivity index (χ1v) is 10.8. The molecule has 1 aromatic rings. The van der Waals surface area contributed by atoms with Gasteiger partial charge >= 0.3 is 5.97 Å². The van der Waals surface area contributed by atoms with Crippen molar-refractivity contribution in [1.29, 1.82) is 0 Å². The van der Waals surface area contributed by atoms with Gasteiger partial charge in [0, 0.05) is 26.8 Å². The minimum Gasteiger partial charge on any atom is -0.459 e. The largest absolute Gasteiger partial charge is 0.459 e. The van der Waals surface area contributed by atoms with Crippen molar-refractivity contribution in [2.45, 2.75) is 35.5 Å². The number of sulfone groups is 1. The highest BCUT2D eigenvalue weighted by Gasteiger charge is 2.33. The van der Waals surface area contributed by atoms with E-state index in [1.807, 2.05) is 0 Å². The van der Waals surface area contributed by atoms with Gasteiger partial charge in [0.15, 0.2) is 0 Å². The Hall–Kier alpha value is -1.45. The number of nitrogens with zero attached hydrogens (tertiary/aromatic N) is 1. The third kappa shape index (κ3) is 4.14. The SMILES string of the molecule is CN(C)S(=O)(=O)c1ccc(C(=O)O[C@@H]2CC[C@@H](S(C)(=O)=O)C2)cc1. The Balaban J connectivity index is 2.04. The van der Waals surface area contributed by atoms with Crippen molar-refractivity contribution < 1.29 is 26.4 Å². The van der Waals surface area contributed by atoms with Crippen LogP contribution in [0.25, 0.3) is 0 Å². The van der Waals surface area contributed by atoms with Gasteiger partial charge in [0.25, 0.3) is 0 Å². The van der Waals surface area contributed by atoms with Crippen molar-refractivity contribution in [3.05, 3.63) is 29.8 Å². The molecule has 1 saturated carbocycles. The van der Waals surface area contributed by atoms with Crippen molar-refractivity contribution in [3.8, 4) is 0 Å². The summed E-state index contributed by atoms with van der Waals surface area (Å²) in [7, 11) is -3.83. The molecule has 0 N–H and O–H groups in total. The predicted octanol–water partition coefficient (Wildman–Crippen LogP) is 1.06. The quantitative estimate of drug-likeness (QED) is 0.714. The third-order valence-electron chi connectivity index (χ3n) is 4.08. The van der Waals surface area contributed by atoms with E-state index in [0.29, 0.717) is 19.3 Å². The van der Waals surface area contributed by atoms with Crippen LogP contribution >= 0.6 is 0 Å². The van der Waals surface area contributed by atoms with E-state index in [-0.39, 0.29) is 10.5 Å². The maximum Gasteiger partial charge on any atom is 0.338 e. The predicted molar refractivity (Wildman–Crippen MR) is 89.0 cm³/mol. The highest BCUT2D eigenvalue weighted by Crippen LogP contribution is 2.28. The molecule has 1 fully saturated rings. The first kappa shape index (κ1) is 18.9. The van der Waals surface area contributed by atoms with Crippen molar-refractivity contribution in [2.24, 2.45) is 0 Å². The Morgan fingerprint density at radius 1 is 1.08 bits per heavy atom. The number of hydrogen-bond donors (Lipinski definition) is 0. The number of sulfonamides is 1. The zero-order valence-corrected chi connectivity index (χ0v) is 15.4. The zero-order valence-electron chi connectivity index (χ0n) is 13.8. The molecular formula is C15H21NO6S2. The molecule has 0 unspecified atom stereocenters. The fourth-order valence-electron chi connectivity index (χ4n) is 2.59. The molecule has 2 atom stereocenters. The number of carbonyl (C=O) groups excluding carboxylic acids is 1. The van der Waals surface area contributed by atoms with Gasteiger partial charge in [-0.1, -0.05) is 0 Å². The lowest BCUT2D eigenvalue weighted by atomic mass is 10.2. The molecule has 0 heterocycles. The summed E-state index contributed by atoms with van der Waals surface area (Å²) in [5.41, 5.74) is 0.232. The summed E-state index contributed by atoms with van der Waals surface area (Å²) < 4.78 is 53.4. The Morgan fingerprint density at radius 2 is 1.67 bits per heavy atom. The van der Waals surface area contributed by atoms with Crippen LogP contribution in [0.15, 0.2) is 29.2 Å². The van der Waals surface area contributed by atoms with Crippen LogP contribution in [0.1, 0.15) is 29.6 Å². The maximum absolute atomic E-state index is 12.1. The molecule has 0 spiro atoms. The molecule has 0 aliphatic heterocycles. The molecule has 7 nitrogen and oxygen atoms in total. The average molecular weight is 375 g/mol. The summed E-state index contributed by atoms with van der Waals surface area (Å²) in [6.45, 7) is 0. The van der Waals surface area contributed by atoms with Crippen LogP contribution < -0.4 is 0 Å². The van der Waals surface area contributed by atoms with E-state index in [2.05, 4.69) is 0 Å². The lowest BCUT2D eigenvalue weighted by molar-refractivity contribution is 0.0318. The van der Waals surface area contributed by atoms with Crippen molar-refractivity contribution in [3.63, 3.8) is 0 Å². The lowest BCUT2D eigenvalue weighted by Gasteiger charge is -2.13. The highest BCUT2D eigenvalue weighted by molar-refractivity contribution is 7.91. The molecule has 1 aliphatic rings. The molecule has 1 aliphatic carbocycles. The highest BCUT2D eigenvalue weighted by atomic mass is 32.2. The normalized spacial score (nSPS) is 21.8. The maximum atomic E-state index is 12.1.